The Morgan fingerprint density at radius 1 is 1.38 bits per heavy atom. The molecule has 3 N–H and O–H groups in total. The van der Waals surface area contributed by atoms with Gasteiger partial charge < -0.3 is 20.5 Å². The van der Waals surface area contributed by atoms with Crippen molar-refractivity contribution in [3.05, 3.63) is 23.8 Å². The van der Waals surface area contributed by atoms with Crippen LogP contribution in [0.25, 0.3) is 0 Å². The lowest BCUT2D eigenvalue weighted by molar-refractivity contribution is 0.214. The average molecular weight is 294 g/mol. The monoisotopic (exact) mass is 294 g/mol. The number of anilines is 1. The molecule has 1 unspecified atom stereocenters. The van der Waals surface area contributed by atoms with Crippen molar-refractivity contribution < 1.29 is 14.6 Å². The molecule has 118 valence electrons. The van der Waals surface area contributed by atoms with Crippen molar-refractivity contribution in [1.82, 2.24) is 5.32 Å². The first-order chi connectivity index (χ1) is 9.96. The zero-order chi connectivity index (χ0) is 15.8. The molecule has 0 heterocycles. The summed E-state index contributed by atoms with van der Waals surface area (Å²) in [6, 6.07) is 4.97. The molecular formula is C16H26N2O3. The van der Waals surface area contributed by atoms with E-state index in [9.17, 15) is 9.90 Å². The van der Waals surface area contributed by atoms with Crippen molar-refractivity contribution in [3.63, 3.8) is 0 Å². The summed E-state index contributed by atoms with van der Waals surface area (Å²) in [5, 5.41) is 14.8. The fourth-order valence-corrected chi connectivity index (χ4v) is 2.15. The molecule has 0 saturated carbocycles. The van der Waals surface area contributed by atoms with Gasteiger partial charge in [-0.3, -0.25) is 0 Å². The van der Waals surface area contributed by atoms with Crippen LogP contribution < -0.4 is 15.4 Å². The summed E-state index contributed by atoms with van der Waals surface area (Å²) in [7, 11) is 0. The number of aliphatic hydroxyl groups excluding tert-OH is 1. The highest BCUT2D eigenvalue weighted by Gasteiger charge is 2.13. The van der Waals surface area contributed by atoms with Gasteiger partial charge in [0.2, 0.25) is 0 Å². The molecule has 0 aliphatic heterocycles. The van der Waals surface area contributed by atoms with E-state index in [0.29, 0.717) is 18.2 Å². The van der Waals surface area contributed by atoms with E-state index in [1.165, 1.54) is 0 Å². The van der Waals surface area contributed by atoms with Crippen LogP contribution in [-0.2, 0) is 0 Å². The molecule has 0 radical (unpaired) electrons. The molecule has 0 aliphatic carbocycles. The highest BCUT2D eigenvalue weighted by molar-refractivity contribution is 5.89. The molecule has 0 aromatic heterocycles. The van der Waals surface area contributed by atoms with E-state index in [4.69, 9.17) is 4.74 Å². The lowest BCUT2D eigenvalue weighted by Crippen LogP contribution is -2.40. The van der Waals surface area contributed by atoms with Crippen molar-refractivity contribution in [2.45, 2.75) is 40.2 Å². The van der Waals surface area contributed by atoms with Crippen molar-refractivity contribution in [2.75, 3.05) is 18.5 Å². The van der Waals surface area contributed by atoms with Gasteiger partial charge in [0, 0.05) is 5.69 Å². The summed E-state index contributed by atoms with van der Waals surface area (Å²) in [5.74, 6) is 1.23. The molecule has 1 rings (SSSR count). The lowest BCUT2D eigenvalue weighted by atomic mass is 10.0. The summed E-state index contributed by atoms with van der Waals surface area (Å²) < 4.78 is 5.46. The number of hydrogen-bond acceptors (Lipinski definition) is 3. The molecule has 21 heavy (non-hydrogen) atoms. The largest absolute Gasteiger partial charge is 0.494 e. The van der Waals surface area contributed by atoms with Crippen LogP contribution in [0.2, 0.25) is 0 Å². The second-order valence-electron chi connectivity index (χ2n) is 5.52. The smallest absolute Gasteiger partial charge is 0.319 e. The van der Waals surface area contributed by atoms with Gasteiger partial charge in [0.15, 0.2) is 0 Å². The maximum Gasteiger partial charge on any atom is 0.319 e. The first kappa shape index (κ1) is 17.3. The highest BCUT2D eigenvalue weighted by Crippen LogP contribution is 2.21. The summed E-state index contributed by atoms with van der Waals surface area (Å²) in [6.45, 7) is 8.53. The molecule has 1 atom stereocenters. The van der Waals surface area contributed by atoms with Gasteiger partial charge in [-0.05, 0) is 49.9 Å². The topological polar surface area (TPSA) is 70.6 Å². The van der Waals surface area contributed by atoms with Gasteiger partial charge in [0.05, 0.1) is 19.3 Å². The van der Waals surface area contributed by atoms with Crippen LogP contribution in [0.5, 0.6) is 5.75 Å². The number of aliphatic hydroxyl groups is 1. The van der Waals surface area contributed by atoms with Crippen LogP contribution in [0.3, 0.4) is 0 Å². The Morgan fingerprint density at radius 3 is 2.62 bits per heavy atom. The Bertz CT molecular complexity index is 461. The second kappa shape index (κ2) is 8.52. The van der Waals surface area contributed by atoms with Gasteiger partial charge in [-0.15, -0.1) is 0 Å². The molecule has 0 bridgehead atoms. The fraction of sp³-hybridized carbons (Fsp3) is 0.562. The molecule has 2 amide bonds. The van der Waals surface area contributed by atoms with Crippen LogP contribution >= 0.6 is 0 Å². The molecule has 0 aliphatic rings. The summed E-state index contributed by atoms with van der Waals surface area (Å²) in [4.78, 5) is 11.9. The molecule has 1 aromatic rings. The zero-order valence-corrected chi connectivity index (χ0v) is 13.3. The Labute approximate surface area is 126 Å². The maximum absolute atomic E-state index is 11.9. The van der Waals surface area contributed by atoms with E-state index in [2.05, 4.69) is 24.5 Å². The first-order valence-electron chi connectivity index (χ1n) is 7.38. The van der Waals surface area contributed by atoms with Crippen molar-refractivity contribution in [2.24, 2.45) is 5.92 Å². The van der Waals surface area contributed by atoms with E-state index in [-0.39, 0.29) is 18.7 Å². The van der Waals surface area contributed by atoms with Crippen LogP contribution in [-0.4, -0.2) is 30.4 Å². The number of carbonyl (C=O) groups is 1. The number of carbonyl (C=O) groups excluding carboxylic acids is 1. The Hall–Kier alpha value is -1.75. The minimum atomic E-state index is -0.307. The van der Waals surface area contributed by atoms with Gasteiger partial charge in [-0.1, -0.05) is 13.8 Å². The molecule has 0 fully saturated rings. The second-order valence-corrected chi connectivity index (χ2v) is 5.52. The molecule has 1 aromatic carbocycles. The average Bonchev–Trinajstić information content (AvgIpc) is 2.40. The molecular weight excluding hydrogens is 268 g/mol. The Morgan fingerprint density at radius 2 is 2.10 bits per heavy atom. The minimum absolute atomic E-state index is 0.0616. The van der Waals surface area contributed by atoms with Crippen LogP contribution in [0, 0.1) is 12.8 Å². The quantitative estimate of drug-likeness (QED) is 0.724. The predicted octanol–water partition coefficient (Wildman–Crippen LogP) is 2.92. The van der Waals surface area contributed by atoms with E-state index >= 15 is 0 Å². The number of ether oxygens (including phenoxy) is 1. The number of nitrogens with one attached hydrogen (secondary N) is 2. The van der Waals surface area contributed by atoms with Gasteiger partial charge in [0.1, 0.15) is 5.75 Å². The van der Waals surface area contributed by atoms with Gasteiger partial charge in [0.25, 0.3) is 0 Å². The number of rotatable bonds is 7. The van der Waals surface area contributed by atoms with Crippen molar-refractivity contribution in [1.29, 1.82) is 0 Å². The Balaban J connectivity index is 2.60. The third-order valence-corrected chi connectivity index (χ3v) is 3.04. The Kier molecular flexibility index (Phi) is 7.02. The normalized spacial score (nSPS) is 12.1. The van der Waals surface area contributed by atoms with Gasteiger partial charge in [-0.2, -0.15) is 0 Å². The van der Waals surface area contributed by atoms with Gasteiger partial charge in [-0.25, -0.2) is 4.79 Å². The van der Waals surface area contributed by atoms with Crippen molar-refractivity contribution in [3.8, 4) is 5.75 Å². The standard InChI is InChI=1S/C16H26N2O3/c1-5-21-15-7-6-13(9-12(15)4)17-16(20)18-14(10-19)8-11(2)3/h6-7,9,11,14,19H,5,8,10H2,1-4H3,(H2,17,18,20). The van der Waals surface area contributed by atoms with Gasteiger partial charge >= 0.3 is 6.03 Å². The summed E-state index contributed by atoms with van der Waals surface area (Å²) in [5.41, 5.74) is 1.67. The number of hydrogen-bond donors (Lipinski definition) is 3. The van der Waals surface area contributed by atoms with E-state index in [1.54, 1.807) is 6.07 Å². The number of urea groups is 1. The van der Waals surface area contributed by atoms with E-state index in [1.807, 2.05) is 26.0 Å². The third kappa shape index (κ3) is 6.04. The van der Waals surface area contributed by atoms with Crippen LogP contribution in [0.4, 0.5) is 10.5 Å². The molecule has 5 nitrogen and oxygen atoms in total. The highest BCUT2D eigenvalue weighted by atomic mass is 16.5. The fourth-order valence-electron chi connectivity index (χ4n) is 2.15. The predicted molar refractivity (Wildman–Crippen MR) is 84.8 cm³/mol. The lowest BCUT2D eigenvalue weighted by Gasteiger charge is -2.19. The maximum atomic E-state index is 11.9. The number of amides is 2. The van der Waals surface area contributed by atoms with E-state index < -0.39 is 0 Å². The molecule has 0 saturated heterocycles. The summed E-state index contributed by atoms with van der Waals surface area (Å²) in [6.07, 6.45) is 0.742. The first-order valence-corrected chi connectivity index (χ1v) is 7.38. The third-order valence-electron chi connectivity index (χ3n) is 3.04. The summed E-state index contributed by atoms with van der Waals surface area (Å²) >= 11 is 0. The number of benzene rings is 1. The molecule has 0 spiro atoms. The molecule has 5 heteroatoms. The van der Waals surface area contributed by atoms with Crippen molar-refractivity contribution >= 4 is 11.7 Å². The van der Waals surface area contributed by atoms with E-state index in [0.717, 1.165) is 17.7 Å². The minimum Gasteiger partial charge on any atom is -0.494 e. The SMILES string of the molecule is CCOc1ccc(NC(=O)NC(CO)CC(C)C)cc1C. The van der Waals surface area contributed by atoms with Crippen LogP contribution in [0.15, 0.2) is 18.2 Å². The number of aryl methyl sites for hydroxylation is 1. The zero-order valence-electron chi connectivity index (χ0n) is 13.3. The van der Waals surface area contributed by atoms with Crippen LogP contribution in [0.1, 0.15) is 32.8 Å².